The third-order valence-electron chi connectivity index (χ3n) is 4.08. The van der Waals surface area contributed by atoms with Gasteiger partial charge in [0.05, 0.1) is 11.8 Å². The monoisotopic (exact) mass is 431 g/mol. The highest BCUT2D eigenvalue weighted by Gasteiger charge is 2.12. The summed E-state index contributed by atoms with van der Waals surface area (Å²) in [6.45, 7) is 0. The molecule has 0 aliphatic carbocycles. The molecule has 0 radical (unpaired) electrons. The molecule has 6 nitrogen and oxygen atoms in total. The number of hydrogen-bond donors (Lipinski definition) is 2. The van der Waals surface area contributed by atoms with Crippen LogP contribution in [-0.2, 0) is 0 Å². The van der Waals surface area contributed by atoms with Crippen molar-refractivity contribution in [2.75, 3.05) is 5.32 Å². The molecular weight excluding hydrogens is 414 g/mol. The second-order valence-electron chi connectivity index (χ2n) is 6.17. The van der Waals surface area contributed by atoms with E-state index in [1.807, 2.05) is 66.7 Å². The lowest BCUT2D eigenvalue weighted by atomic mass is 10.3. The molecule has 0 saturated heterocycles. The largest absolute Gasteiger partial charge is 0.331 e. The second-order valence-corrected chi connectivity index (χ2v) is 7.64. The predicted molar refractivity (Wildman–Crippen MR) is 125 cm³/mol. The number of aromatic nitrogens is 2. The molecule has 0 aliphatic heterocycles. The summed E-state index contributed by atoms with van der Waals surface area (Å²) in [6.07, 6.45) is 3.15. The van der Waals surface area contributed by atoms with Gasteiger partial charge in [-0.1, -0.05) is 54.2 Å². The van der Waals surface area contributed by atoms with Crippen molar-refractivity contribution >= 4 is 46.6 Å². The molecule has 0 spiro atoms. The number of hydrazone groups is 1. The van der Waals surface area contributed by atoms with Gasteiger partial charge in [-0.25, -0.2) is 4.98 Å². The van der Waals surface area contributed by atoms with Crippen LogP contribution in [-0.4, -0.2) is 20.7 Å². The fourth-order valence-corrected chi connectivity index (χ4v) is 3.78. The fourth-order valence-electron chi connectivity index (χ4n) is 2.71. The number of thiocarbonyl (C=S) groups is 1. The van der Waals surface area contributed by atoms with Gasteiger partial charge in [-0.15, -0.1) is 0 Å². The first-order chi connectivity index (χ1) is 14.7. The number of hydrogen-bond acceptors (Lipinski definition) is 5. The van der Waals surface area contributed by atoms with Gasteiger partial charge in [-0.2, -0.15) is 5.10 Å². The van der Waals surface area contributed by atoms with Crippen molar-refractivity contribution in [2.45, 2.75) is 9.92 Å². The highest BCUT2D eigenvalue weighted by molar-refractivity contribution is 7.99. The first kappa shape index (κ1) is 19.8. The standard InChI is InChI=1S/C22H17N5OS2/c28-21-18(15-23-26-22(29)24-16-9-3-1-4-10-16)20(30-17-11-5-2-6-12-17)25-19-13-7-8-14-27(19)21/h1-15H,(H2,24,26,29)/b23-15-. The van der Waals surface area contributed by atoms with E-state index in [0.717, 1.165) is 10.6 Å². The number of nitrogens with one attached hydrogen (secondary N) is 2. The molecule has 0 unspecified atom stereocenters. The number of rotatable bonds is 5. The Morgan fingerprint density at radius 2 is 1.70 bits per heavy atom. The van der Waals surface area contributed by atoms with Crippen LogP contribution in [0.4, 0.5) is 5.69 Å². The smallest absolute Gasteiger partial charge is 0.267 e. The van der Waals surface area contributed by atoms with E-state index in [9.17, 15) is 4.79 Å². The van der Waals surface area contributed by atoms with Gasteiger partial charge < -0.3 is 5.32 Å². The summed E-state index contributed by atoms with van der Waals surface area (Å²) in [7, 11) is 0. The van der Waals surface area contributed by atoms with Crippen LogP contribution < -0.4 is 16.3 Å². The minimum absolute atomic E-state index is 0.202. The zero-order chi connectivity index (χ0) is 20.8. The molecule has 8 heteroatoms. The molecule has 148 valence electrons. The SMILES string of the molecule is O=c1c(/C=N\NC(=S)Nc2ccccc2)c(Sc2ccccc2)nc2ccccn12. The van der Waals surface area contributed by atoms with Crippen LogP contribution in [0.2, 0.25) is 0 Å². The maximum Gasteiger partial charge on any atom is 0.267 e. The molecule has 4 rings (SSSR count). The van der Waals surface area contributed by atoms with Crippen molar-refractivity contribution in [1.29, 1.82) is 0 Å². The lowest BCUT2D eigenvalue weighted by Crippen LogP contribution is -2.25. The molecule has 0 fully saturated rings. The van der Waals surface area contributed by atoms with Crippen LogP contribution in [0.15, 0.2) is 105 Å². The first-order valence-electron chi connectivity index (χ1n) is 9.10. The molecule has 0 saturated carbocycles. The number of pyridine rings is 1. The van der Waals surface area contributed by atoms with E-state index in [2.05, 4.69) is 20.8 Å². The van der Waals surface area contributed by atoms with Crippen LogP contribution in [0, 0.1) is 0 Å². The Hall–Kier alpha value is -3.49. The van der Waals surface area contributed by atoms with Crippen molar-refractivity contribution in [3.05, 3.63) is 101 Å². The lowest BCUT2D eigenvalue weighted by molar-refractivity contribution is 0.970. The molecule has 2 heterocycles. The van der Waals surface area contributed by atoms with E-state index in [1.54, 1.807) is 18.3 Å². The summed E-state index contributed by atoms with van der Waals surface area (Å²) in [5.74, 6) is 0. The lowest BCUT2D eigenvalue weighted by Gasteiger charge is -2.08. The van der Waals surface area contributed by atoms with Crippen molar-refractivity contribution < 1.29 is 0 Å². The van der Waals surface area contributed by atoms with Crippen LogP contribution in [0.3, 0.4) is 0 Å². The second kappa shape index (κ2) is 9.34. The van der Waals surface area contributed by atoms with E-state index >= 15 is 0 Å². The van der Waals surface area contributed by atoms with Gasteiger partial charge in [0, 0.05) is 16.8 Å². The number of anilines is 1. The van der Waals surface area contributed by atoms with E-state index in [-0.39, 0.29) is 5.56 Å². The maximum atomic E-state index is 13.0. The zero-order valence-corrected chi connectivity index (χ0v) is 17.4. The van der Waals surface area contributed by atoms with Gasteiger partial charge >= 0.3 is 0 Å². The van der Waals surface area contributed by atoms with Crippen molar-refractivity contribution in [3.8, 4) is 0 Å². The van der Waals surface area contributed by atoms with Crippen molar-refractivity contribution in [3.63, 3.8) is 0 Å². The molecule has 30 heavy (non-hydrogen) atoms. The molecule has 4 aromatic rings. The van der Waals surface area contributed by atoms with Gasteiger partial charge in [0.1, 0.15) is 10.7 Å². The third kappa shape index (κ3) is 4.73. The summed E-state index contributed by atoms with van der Waals surface area (Å²) >= 11 is 6.67. The molecule has 2 aromatic heterocycles. The summed E-state index contributed by atoms with van der Waals surface area (Å²) in [5.41, 5.74) is 4.35. The van der Waals surface area contributed by atoms with Crippen LogP contribution in [0.5, 0.6) is 0 Å². The Morgan fingerprint density at radius 3 is 2.47 bits per heavy atom. The maximum absolute atomic E-state index is 13.0. The molecule has 0 atom stereocenters. The number of benzene rings is 2. The van der Waals surface area contributed by atoms with Crippen molar-refractivity contribution in [1.82, 2.24) is 14.8 Å². The normalized spacial score (nSPS) is 10.9. The van der Waals surface area contributed by atoms with Crippen LogP contribution >= 0.6 is 24.0 Å². The average molecular weight is 432 g/mol. The first-order valence-corrected chi connectivity index (χ1v) is 10.3. The number of nitrogens with zero attached hydrogens (tertiary/aromatic N) is 3. The Kier molecular flexibility index (Phi) is 6.17. The topological polar surface area (TPSA) is 70.8 Å². The fraction of sp³-hybridized carbons (Fsp3) is 0. The molecular formula is C22H17N5OS2. The van der Waals surface area contributed by atoms with E-state index < -0.39 is 0 Å². The van der Waals surface area contributed by atoms with Gasteiger partial charge in [-0.05, 0) is 48.6 Å². The van der Waals surface area contributed by atoms with E-state index in [4.69, 9.17) is 12.2 Å². The van der Waals surface area contributed by atoms with Gasteiger partial charge in [0.25, 0.3) is 5.56 Å². The average Bonchev–Trinajstić information content (AvgIpc) is 2.77. The molecule has 2 N–H and O–H groups in total. The van der Waals surface area contributed by atoms with Gasteiger partial charge in [-0.3, -0.25) is 14.6 Å². The Morgan fingerprint density at radius 1 is 1.00 bits per heavy atom. The zero-order valence-electron chi connectivity index (χ0n) is 15.7. The van der Waals surface area contributed by atoms with Crippen molar-refractivity contribution in [2.24, 2.45) is 5.10 Å². The van der Waals surface area contributed by atoms with E-state index in [1.165, 1.54) is 22.4 Å². The number of fused-ring (bicyclic) bond motifs is 1. The molecule has 0 amide bonds. The molecule has 0 aliphatic rings. The highest BCUT2D eigenvalue weighted by atomic mass is 32.2. The summed E-state index contributed by atoms with van der Waals surface area (Å²) in [6, 6.07) is 24.7. The Bertz CT molecular complexity index is 1260. The van der Waals surface area contributed by atoms with E-state index in [0.29, 0.717) is 21.3 Å². The van der Waals surface area contributed by atoms with Crippen LogP contribution in [0.25, 0.3) is 5.65 Å². The molecule has 0 bridgehead atoms. The Balaban J connectivity index is 1.62. The van der Waals surface area contributed by atoms with Crippen LogP contribution in [0.1, 0.15) is 5.56 Å². The minimum Gasteiger partial charge on any atom is -0.331 e. The summed E-state index contributed by atoms with van der Waals surface area (Å²) in [5, 5.41) is 8.09. The summed E-state index contributed by atoms with van der Waals surface area (Å²) in [4.78, 5) is 18.7. The predicted octanol–water partition coefficient (Wildman–Crippen LogP) is 4.17. The minimum atomic E-state index is -0.202. The van der Waals surface area contributed by atoms with Gasteiger partial charge in [0.15, 0.2) is 5.11 Å². The third-order valence-corrected chi connectivity index (χ3v) is 5.29. The molecule has 2 aromatic carbocycles. The highest BCUT2D eigenvalue weighted by Crippen LogP contribution is 2.27. The van der Waals surface area contributed by atoms with Gasteiger partial charge in [0.2, 0.25) is 0 Å². The number of para-hydroxylation sites is 1. The quantitative estimate of drug-likeness (QED) is 0.214. The summed E-state index contributed by atoms with van der Waals surface area (Å²) < 4.78 is 1.50. The Labute approximate surface area is 182 Å².